The van der Waals surface area contributed by atoms with Crippen LogP contribution in [0.2, 0.25) is 10.2 Å². The van der Waals surface area contributed by atoms with Crippen LogP contribution in [0.15, 0.2) is 24.3 Å². The Labute approximate surface area is 115 Å². The summed E-state index contributed by atoms with van der Waals surface area (Å²) in [6, 6.07) is 6.92. The number of pyridine rings is 1. The third-order valence-corrected chi connectivity index (χ3v) is 2.91. The zero-order valence-corrected chi connectivity index (χ0v) is 11.5. The molecule has 5 heteroatoms. The van der Waals surface area contributed by atoms with Gasteiger partial charge in [0.05, 0.1) is 5.69 Å². The Morgan fingerprint density at radius 1 is 1.11 bits per heavy atom. The van der Waals surface area contributed by atoms with E-state index in [-0.39, 0.29) is 0 Å². The fraction of sp³-hybridized carbons (Fsp3) is 0.154. The molecule has 0 aliphatic carbocycles. The molecule has 2 aromatic rings. The minimum Gasteiger partial charge on any atom is -0.436 e. The van der Waals surface area contributed by atoms with Gasteiger partial charge in [0.25, 0.3) is 0 Å². The summed E-state index contributed by atoms with van der Waals surface area (Å²) in [5.74, 6) is 0.997. The number of aromatic nitrogens is 1. The van der Waals surface area contributed by atoms with Crippen LogP contribution >= 0.6 is 23.2 Å². The smallest absolute Gasteiger partial charge is 0.244 e. The number of aryl methyl sites for hydroxylation is 2. The minimum absolute atomic E-state index is 0.302. The van der Waals surface area contributed by atoms with Gasteiger partial charge in [-0.25, -0.2) is 0 Å². The van der Waals surface area contributed by atoms with Gasteiger partial charge in [-0.05, 0) is 49.2 Å². The van der Waals surface area contributed by atoms with Gasteiger partial charge in [0.2, 0.25) is 5.88 Å². The van der Waals surface area contributed by atoms with Crippen LogP contribution in [0.4, 0.5) is 5.69 Å². The molecule has 3 nitrogen and oxygen atoms in total. The summed E-state index contributed by atoms with van der Waals surface area (Å²) in [5.41, 5.74) is 8.07. The molecule has 0 unspecified atom stereocenters. The SMILES string of the molecule is Cc1cc(Cl)cc(C)c1Oc1nc(Cl)ccc1N. The van der Waals surface area contributed by atoms with Crippen LogP contribution < -0.4 is 10.5 Å². The Balaban J connectivity index is 2.43. The third-order valence-electron chi connectivity index (χ3n) is 2.48. The summed E-state index contributed by atoms with van der Waals surface area (Å²) in [6.45, 7) is 3.82. The zero-order valence-electron chi connectivity index (χ0n) is 10.00. The number of hydrogen-bond acceptors (Lipinski definition) is 3. The van der Waals surface area contributed by atoms with E-state index in [1.807, 2.05) is 26.0 Å². The molecule has 1 aromatic carbocycles. The molecular weight excluding hydrogens is 271 g/mol. The highest BCUT2D eigenvalue weighted by molar-refractivity contribution is 6.30. The number of nitrogens with zero attached hydrogens (tertiary/aromatic N) is 1. The summed E-state index contributed by atoms with van der Waals surface area (Å²) in [7, 11) is 0. The van der Waals surface area contributed by atoms with E-state index in [0.717, 1.165) is 11.1 Å². The van der Waals surface area contributed by atoms with Gasteiger partial charge in [-0.2, -0.15) is 4.98 Å². The van der Waals surface area contributed by atoms with Crippen LogP contribution in [-0.4, -0.2) is 4.98 Å². The number of halogens is 2. The normalized spacial score (nSPS) is 10.4. The largest absolute Gasteiger partial charge is 0.436 e. The van der Waals surface area contributed by atoms with E-state index in [0.29, 0.717) is 27.5 Å². The van der Waals surface area contributed by atoms with Gasteiger partial charge in [0, 0.05) is 5.02 Å². The first-order valence-corrected chi connectivity index (χ1v) is 6.09. The van der Waals surface area contributed by atoms with Crippen molar-refractivity contribution in [2.75, 3.05) is 5.73 Å². The number of benzene rings is 1. The second-order valence-electron chi connectivity index (χ2n) is 4.00. The molecule has 0 aliphatic rings. The lowest BCUT2D eigenvalue weighted by atomic mass is 10.1. The maximum atomic E-state index is 5.96. The monoisotopic (exact) mass is 282 g/mol. The average Bonchev–Trinajstić information content (AvgIpc) is 2.28. The summed E-state index contributed by atoms with van der Waals surface area (Å²) in [5, 5.41) is 1.01. The van der Waals surface area contributed by atoms with Gasteiger partial charge in [0.1, 0.15) is 10.9 Å². The highest BCUT2D eigenvalue weighted by atomic mass is 35.5. The molecule has 18 heavy (non-hydrogen) atoms. The molecule has 0 saturated carbocycles. The Bertz CT molecular complexity index is 577. The van der Waals surface area contributed by atoms with Gasteiger partial charge in [0.15, 0.2) is 0 Å². The van der Waals surface area contributed by atoms with Crippen LogP contribution in [0.3, 0.4) is 0 Å². The van der Waals surface area contributed by atoms with Crippen molar-refractivity contribution in [2.45, 2.75) is 13.8 Å². The molecule has 0 atom stereocenters. The van der Waals surface area contributed by atoms with E-state index in [1.165, 1.54) is 0 Å². The number of anilines is 1. The molecule has 0 amide bonds. The minimum atomic E-state index is 0.302. The van der Waals surface area contributed by atoms with Crippen molar-refractivity contribution in [3.8, 4) is 11.6 Å². The van der Waals surface area contributed by atoms with Crippen LogP contribution in [0.25, 0.3) is 0 Å². The molecule has 1 aromatic heterocycles. The lowest BCUT2D eigenvalue weighted by Gasteiger charge is -2.12. The third kappa shape index (κ3) is 2.68. The van der Waals surface area contributed by atoms with Crippen molar-refractivity contribution in [2.24, 2.45) is 0 Å². The Morgan fingerprint density at radius 2 is 1.72 bits per heavy atom. The lowest BCUT2D eigenvalue weighted by molar-refractivity contribution is 0.458. The van der Waals surface area contributed by atoms with Gasteiger partial charge >= 0.3 is 0 Å². The Morgan fingerprint density at radius 3 is 2.33 bits per heavy atom. The fourth-order valence-electron chi connectivity index (χ4n) is 1.67. The topological polar surface area (TPSA) is 48.1 Å². The van der Waals surface area contributed by atoms with Gasteiger partial charge in [-0.15, -0.1) is 0 Å². The predicted octanol–water partition coefficient (Wildman–Crippen LogP) is 4.38. The summed E-state index contributed by atoms with van der Waals surface area (Å²) in [4.78, 5) is 4.06. The second kappa shape index (κ2) is 5.04. The highest BCUT2D eigenvalue weighted by Crippen LogP contribution is 2.33. The van der Waals surface area contributed by atoms with Gasteiger partial charge in [-0.1, -0.05) is 23.2 Å². The molecule has 94 valence electrons. The molecule has 0 radical (unpaired) electrons. The average molecular weight is 283 g/mol. The van der Waals surface area contributed by atoms with Crippen LogP contribution in [0.5, 0.6) is 11.6 Å². The second-order valence-corrected chi connectivity index (χ2v) is 4.82. The van der Waals surface area contributed by atoms with E-state index < -0.39 is 0 Å². The van der Waals surface area contributed by atoms with E-state index in [4.69, 9.17) is 33.7 Å². The van der Waals surface area contributed by atoms with Crippen molar-refractivity contribution in [3.05, 3.63) is 45.6 Å². The first kappa shape index (κ1) is 13.0. The Hall–Kier alpha value is -1.45. The molecule has 2 rings (SSSR count). The summed E-state index contributed by atoms with van der Waals surface area (Å²) < 4.78 is 5.73. The first-order valence-electron chi connectivity index (χ1n) is 5.34. The highest BCUT2D eigenvalue weighted by Gasteiger charge is 2.10. The Kier molecular flexibility index (Phi) is 3.64. The molecule has 2 N–H and O–H groups in total. The fourth-order valence-corrected chi connectivity index (χ4v) is 2.13. The summed E-state index contributed by atoms with van der Waals surface area (Å²) in [6.07, 6.45) is 0. The maximum Gasteiger partial charge on any atom is 0.244 e. The standard InChI is InChI=1S/C13H12Cl2N2O/c1-7-5-9(14)6-8(2)12(7)18-13-10(16)3-4-11(15)17-13/h3-6H,16H2,1-2H3. The van der Waals surface area contributed by atoms with Crippen LogP contribution in [0.1, 0.15) is 11.1 Å². The predicted molar refractivity (Wildman–Crippen MR) is 74.7 cm³/mol. The van der Waals surface area contributed by atoms with Crippen molar-refractivity contribution in [1.29, 1.82) is 0 Å². The summed E-state index contributed by atoms with van der Waals surface area (Å²) >= 11 is 11.8. The van der Waals surface area contributed by atoms with Crippen molar-refractivity contribution in [1.82, 2.24) is 4.98 Å². The van der Waals surface area contributed by atoms with E-state index in [9.17, 15) is 0 Å². The molecule has 1 heterocycles. The zero-order chi connectivity index (χ0) is 13.3. The maximum absolute atomic E-state index is 5.96. The van der Waals surface area contributed by atoms with E-state index >= 15 is 0 Å². The number of hydrogen-bond donors (Lipinski definition) is 1. The first-order chi connectivity index (χ1) is 8.47. The van der Waals surface area contributed by atoms with Crippen molar-refractivity contribution < 1.29 is 4.74 Å². The molecule has 0 aliphatic heterocycles. The number of nitrogen functional groups attached to an aromatic ring is 1. The molecule has 0 bridgehead atoms. The van der Waals surface area contributed by atoms with Crippen molar-refractivity contribution >= 4 is 28.9 Å². The van der Waals surface area contributed by atoms with E-state index in [2.05, 4.69) is 4.98 Å². The van der Waals surface area contributed by atoms with Crippen LogP contribution in [-0.2, 0) is 0 Å². The van der Waals surface area contributed by atoms with Crippen molar-refractivity contribution in [3.63, 3.8) is 0 Å². The number of nitrogens with two attached hydrogens (primary N) is 1. The van der Waals surface area contributed by atoms with Gasteiger partial charge < -0.3 is 10.5 Å². The van der Waals surface area contributed by atoms with Gasteiger partial charge in [-0.3, -0.25) is 0 Å². The molecule has 0 spiro atoms. The molecule has 0 fully saturated rings. The van der Waals surface area contributed by atoms with E-state index in [1.54, 1.807) is 12.1 Å². The number of ether oxygens (including phenoxy) is 1. The number of rotatable bonds is 2. The van der Waals surface area contributed by atoms with Crippen LogP contribution in [0, 0.1) is 13.8 Å². The lowest BCUT2D eigenvalue weighted by Crippen LogP contribution is -1.98. The quantitative estimate of drug-likeness (QED) is 0.832. The molecular formula is C13H12Cl2N2O. The molecule has 0 saturated heterocycles.